The van der Waals surface area contributed by atoms with Crippen molar-refractivity contribution in [1.82, 2.24) is 9.97 Å². The molecule has 0 unspecified atom stereocenters. The van der Waals surface area contributed by atoms with Crippen molar-refractivity contribution in [1.29, 1.82) is 5.26 Å². The van der Waals surface area contributed by atoms with Gasteiger partial charge in [-0.2, -0.15) is 5.26 Å². The molecule has 1 heterocycles. The minimum atomic E-state index is -0.00991. The molecule has 0 spiro atoms. The normalized spacial score (nSPS) is 8.30. The number of nitriles is 1. The highest BCUT2D eigenvalue weighted by Gasteiger charge is 1.90. The van der Waals surface area contributed by atoms with Gasteiger partial charge >= 0.3 is 6.01 Å². The number of rotatable bonds is 2. The molecule has 0 radical (unpaired) electrons. The van der Waals surface area contributed by atoms with E-state index in [1.165, 1.54) is 0 Å². The number of nitrogens with zero attached hydrogens (tertiary/aromatic N) is 3. The summed E-state index contributed by atoms with van der Waals surface area (Å²) < 4.78 is 4.77. The summed E-state index contributed by atoms with van der Waals surface area (Å²) in [5.41, 5.74) is 0. The fourth-order valence-electron chi connectivity index (χ4n) is 0.457. The van der Waals surface area contributed by atoms with E-state index in [4.69, 9.17) is 10.00 Å². The smallest absolute Gasteiger partial charge is 0.317 e. The molecule has 50 valence electrons. The molecule has 0 atom stereocenters. The quantitative estimate of drug-likeness (QED) is 0.588. The molecule has 0 amide bonds. The summed E-state index contributed by atoms with van der Waals surface area (Å²) in [5, 5.41) is 8.10. The maximum atomic E-state index is 8.10. The Balaban J connectivity index is 2.52. The molecule has 0 saturated carbocycles. The van der Waals surface area contributed by atoms with Gasteiger partial charge in [0, 0.05) is 12.4 Å². The van der Waals surface area contributed by atoms with Crippen LogP contribution >= 0.6 is 0 Å². The average molecular weight is 135 g/mol. The van der Waals surface area contributed by atoms with Crippen molar-refractivity contribution >= 4 is 0 Å². The lowest BCUT2D eigenvalue weighted by Gasteiger charge is -1.94. The van der Waals surface area contributed by atoms with Crippen LogP contribution < -0.4 is 4.74 Å². The van der Waals surface area contributed by atoms with Crippen LogP contribution in [0.25, 0.3) is 0 Å². The van der Waals surface area contributed by atoms with Gasteiger partial charge in [-0.1, -0.05) is 0 Å². The molecular formula is C6H5N3O. The summed E-state index contributed by atoms with van der Waals surface area (Å²) in [7, 11) is 0. The number of ether oxygens (including phenoxy) is 1. The van der Waals surface area contributed by atoms with Gasteiger partial charge in [-0.15, -0.1) is 0 Å². The predicted molar refractivity (Wildman–Crippen MR) is 33.1 cm³/mol. The van der Waals surface area contributed by atoms with Gasteiger partial charge in [0.15, 0.2) is 6.61 Å². The van der Waals surface area contributed by atoms with Crippen LogP contribution in [0.15, 0.2) is 18.5 Å². The van der Waals surface area contributed by atoms with Crippen molar-refractivity contribution in [2.45, 2.75) is 0 Å². The van der Waals surface area contributed by atoms with Crippen LogP contribution in [0.1, 0.15) is 0 Å². The van der Waals surface area contributed by atoms with Crippen molar-refractivity contribution < 1.29 is 4.74 Å². The molecule has 10 heavy (non-hydrogen) atoms. The molecular weight excluding hydrogens is 130 g/mol. The molecule has 0 bridgehead atoms. The van der Waals surface area contributed by atoms with Crippen LogP contribution in [-0.2, 0) is 0 Å². The summed E-state index contributed by atoms with van der Waals surface area (Å²) in [6.07, 6.45) is 3.11. The van der Waals surface area contributed by atoms with Crippen molar-refractivity contribution in [2.24, 2.45) is 0 Å². The van der Waals surface area contributed by atoms with Gasteiger partial charge in [0.2, 0.25) is 0 Å². The van der Waals surface area contributed by atoms with E-state index in [1.54, 1.807) is 18.5 Å². The fourth-order valence-corrected chi connectivity index (χ4v) is 0.457. The largest absolute Gasteiger partial charge is 0.448 e. The molecule has 0 aliphatic carbocycles. The molecule has 1 aromatic rings. The Morgan fingerprint density at radius 3 is 2.80 bits per heavy atom. The minimum absolute atomic E-state index is 0.00991. The average Bonchev–Trinajstić information content (AvgIpc) is 2.03. The summed E-state index contributed by atoms with van der Waals surface area (Å²) in [4.78, 5) is 7.46. The standard InChI is InChI=1S/C6H5N3O/c7-2-5-10-6-8-3-1-4-9-6/h1,3-4H,5H2. The van der Waals surface area contributed by atoms with E-state index in [1.807, 2.05) is 6.07 Å². The number of aromatic nitrogens is 2. The van der Waals surface area contributed by atoms with Crippen LogP contribution in [0.3, 0.4) is 0 Å². The molecule has 1 rings (SSSR count). The van der Waals surface area contributed by atoms with Gasteiger partial charge in [0.05, 0.1) is 0 Å². The van der Waals surface area contributed by atoms with E-state index in [-0.39, 0.29) is 12.6 Å². The van der Waals surface area contributed by atoms with E-state index in [0.29, 0.717) is 0 Å². The summed E-state index contributed by atoms with van der Waals surface area (Å²) in [5.74, 6) is 0. The third-order valence-electron chi connectivity index (χ3n) is 0.808. The molecule has 1 aromatic heterocycles. The first-order chi connectivity index (χ1) is 4.93. The van der Waals surface area contributed by atoms with Crippen LogP contribution in [0, 0.1) is 11.3 Å². The fraction of sp³-hybridized carbons (Fsp3) is 0.167. The summed E-state index contributed by atoms with van der Waals surface area (Å²) >= 11 is 0. The molecule has 4 heteroatoms. The van der Waals surface area contributed by atoms with Crippen molar-refractivity contribution in [3.05, 3.63) is 18.5 Å². The maximum Gasteiger partial charge on any atom is 0.317 e. The highest BCUT2D eigenvalue weighted by molar-refractivity contribution is 4.94. The zero-order valence-electron chi connectivity index (χ0n) is 5.19. The number of hydrogen-bond acceptors (Lipinski definition) is 4. The first kappa shape index (κ1) is 6.49. The molecule has 4 nitrogen and oxygen atoms in total. The Morgan fingerprint density at radius 2 is 2.20 bits per heavy atom. The summed E-state index contributed by atoms with van der Waals surface area (Å²) in [6, 6.07) is 3.73. The zero-order chi connectivity index (χ0) is 7.23. The second kappa shape index (κ2) is 3.41. The van der Waals surface area contributed by atoms with E-state index >= 15 is 0 Å². The lowest BCUT2D eigenvalue weighted by molar-refractivity contribution is 0.337. The second-order valence-electron chi connectivity index (χ2n) is 1.48. The topological polar surface area (TPSA) is 58.8 Å². The van der Waals surface area contributed by atoms with Crippen LogP contribution in [-0.4, -0.2) is 16.6 Å². The first-order valence-electron chi connectivity index (χ1n) is 2.70. The SMILES string of the molecule is N#CCOc1ncccn1. The Kier molecular flexibility index (Phi) is 2.21. The highest BCUT2D eigenvalue weighted by atomic mass is 16.5. The first-order valence-corrected chi connectivity index (χ1v) is 2.70. The van der Waals surface area contributed by atoms with E-state index < -0.39 is 0 Å². The van der Waals surface area contributed by atoms with Gasteiger partial charge in [0.1, 0.15) is 6.07 Å². The summed E-state index contributed by atoms with van der Waals surface area (Å²) in [6.45, 7) is -0.00991. The van der Waals surface area contributed by atoms with Crippen LogP contribution in [0.4, 0.5) is 0 Å². The minimum Gasteiger partial charge on any atom is -0.448 e. The molecule has 0 fully saturated rings. The molecule has 0 aromatic carbocycles. The Bertz CT molecular complexity index is 228. The van der Waals surface area contributed by atoms with Crippen molar-refractivity contribution in [3.8, 4) is 12.1 Å². The Morgan fingerprint density at radius 1 is 1.50 bits per heavy atom. The Hall–Kier alpha value is -1.63. The second-order valence-corrected chi connectivity index (χ2v) is 1.48. The van der Waals surface area contributed by atoms with Crippen molar-refractivity contribution in [2.75, 3.05) is 6.61 Å². The zero-order valence-corrected chi connectivity index (χ0v) is 5.19. The molecule has 0 N–H and O–H groups in total. The van der Waals surface area contributed by atoms with Gasteiger partial charge in [-0.05, 0) is 6.07 Å². The monoisotopic (exact) mass is 135 g/mol. The van der Waals surface area contributed by atoms with Gasteiger partial charge in [-0.25, -0.2) is 9.97 Å². The molecule has 0 saturated heterocycles. The molecule has 0 aliphatic heterocycles. The van der Waals surface area contributed by atoms with E-state index in [2.05, 4.69) is 9.97 Å². The van der Waals surface area contributed by atoms with Gasteiger partial charge in [-0.3, -0.25) is 0 Å². The maximum absolute atomic E-state index is 8.10. The molecule has 0 aliphatic rings. The third kappa shape index (κ3) is 1.71. The lowest BCUT2D eigenvalue weighted by atomic mass is 10.7. The van der Waals surface area contributed by atoms with E-state index in [9.17, 15) is 0 Å². The lowest BCUT2D eigenvalue weighted by Crippen LogP contribution is -1.96. The van der Waals surface area contributed by atoms with Crippen LogP contribution in [0.2, 0.25) is 0 Å². The third-order valence-corrected chi connectivity index (χ3v) is 0.808. The van der Waals surface area contributed by atoms with Crippen molar-refractivity contribution in [3.63, 3.8) is 0 Å². The van der Waals surface area contributed by atoms with Gasteiger partial charge < -0.3 is 4.74 Å². The predicted octanol–water partition coefficient (Wildman–Crippen LogP) is 0.379. The Labute approximate surface area is 58.1 Å². The van der Waals surface area contributed by atoms with E-state index in [0.717, 1.165) is 0 Å². The van der Waals surface area contributed by atoms with Crippen LogP contribution in [0.5, 0.6) is 6.01 Å². The van der Waals surface area contributed by atoms with Gasteiger partial charge in [0.25, 0.3) is 0 Å². The highest BCUT2D eigenvalue weighted by Crippen LogP contribution is 1.95. The number of hydrogen-bond donors (Lipinski definition) is 0.